The van der Waals surface area contributed by atoms with Gasteiger partial charge in [0.1, 0.15) is 11.4 Å². The first-order valence-corrected chi connectivity index (χ1v) is 6.08. The number of pyridine rings is 3. The molecule has 98 valence electrons. The van der Waals surface area contributed by atoms with Crippen LogP contribution in [0, 0.1) is 0 Å². The number of hydrogen-bond acceptors (Lipinski definition) is 3. The third-order valence-corrected chi connectivity index (χ3v) is 2.91. The summed E-state index contributed by atoms with van der Waals surface area (Å²) in [6, 6.07) is 13.8. The first-order chi connectivity index (χ1) is 9.75. The maximum atomic E-state index is 12.2. The van der Waals surface area contributed by atoms with Crippen LogP contribution >= 0.6 is 0 Å². The third-order valence-electron chi connectivity index (χ3n) is 2.91. The number of carbonyl (C=O) groups is 1. The topological polar surface area (TPSA) is 63.5 Å². The van der Waals surface area contributed by atoms with E-state index >= 15 is 0 Å². The van der Waals surface area contributed by atoms with Crippen molar-refractivity contribution in [1.29, 1.82) is 0 Å². The molecule has 5 heteroatoms. The summed E-state index contributed by atoms with van der Waals surface area (Å²) in [5.74, 6) is -0.0537. The van der Waals surface area contributed by atoms with Gasteiger partial charge in [0, 0.05) is 17.9 Å². The first kappa shape index (κ1) is 12.1. The highest BCUT2D eigenvalue weighted by Gasteiger charge is 2.12. The Kier molecular flexibility index (Phi) is 3.01. The van der Waals surface area contributed by atoms with Crippen molar-refractivity contribution in [3.63, 3.8) is 0 Å². The summed E-state index contributed by atoms with van der Waals surface area (Å²) in [6.45, 7) is 0. The van der Waals surface area contributed by atoms with Crippen LogP contribution in [-0.2, 0) is 0 Å². The van der Waals surface area contributed by atoms with E-state index in [1.165, 1.54) is 10.5 Å². The van der Waals surface area contributed by atoms with E-state index in [1.54, 1.807) is 42.7 Å². The molecule has 3 heterocycles. The third kappa shape index (κ3) is 2.16. The molecule has 0 aliphatic carbocycles. The Balaban J connectivity index is 2.00. The van der Waals surface area contributed by atoms with Crippen LogP contribution in [-0.4, -0.2) is 15.3 Å². The van der Waals surface area contributed by atoms with Crippen molar-refractivity contribution in [1.82, 2.24) is 9.38 Å². The van der Waals surface area contributed by atoms with Crippen molar-refractivity contribution in [3.8, 4) is 0 Å². The molecule has 0 saturated carbocycles. The van der Waals surface area contributed by atoms with E-state index in [1.807, 2.05) is 12.1 Å². The lowest BCUT2D eigenvalue weighted by molar-refractivity contribution is 0.102. The highest BCUT2D eigenvalue weighted by atomic mass is 16.2. The number of fused-ring (bicyclic) bond motifs is 1. The fraction of sp³-hybridized carbons (Fsp3) is 0. The molecule has 3 rings (SSSR count). The molecule has 20 heavy (non-hydrogen) atoms. The predicted octanol–water partition coefficient (Wildman–Crippen LogP) is 1.95. The Morgan fingerprint density at radius 2 is 1.90 bits per heavy atom. The van der Waals surface area contributed by atoms with Crippen molar-refractivity contribution < 1.29 is 4.79 Å². The Hall–Kier alpha value is -2.95. The zero-order valence-corrected chi connectivity index (χ0v) is 10.5. The maximum absolute atomic E-state index is 12.2. The Morgan fingerprint density at radius 1 is 1.05 bits per heavy atom. The summed E-state index contributed by atoms with van der Waals surface area (Å²) in [7, 11) is 0. The zero-order chi connectivity index (χ0) is 13.9. The molecule has 0 bridgehead atoms. The summed E-state index contributed by atoms with van der Waals surface area (Å²) in [4.78, 5) is 28.4. The van der Waals surface area contributed by atoms with Crippen molar-refractivity contribution in [2.45, 2.75) is 0 Å². The lowest BCUT2D eigenvalue weighted by Gasteiger charge is -2.05. The van der Waals surface area contributed by atoms with Crippen molar-refractivity contribution in [2.24, 2.45) is 0 Å². The van der Waals surface area contributed by atoms with E-state index in [4.69, 9.17) is 0 Å². The largest absolute Gasteiger partial charge is 0.306 e. The zero-order valence-electron chi connectivity index (χ0n) is 10.5. The van der Waals surface area contributed by atoms with Gasteiger partial charge in [-0.25, -0.2) is 4.98 Å². The lowest BCUT2D eigenvalue weighted by atomic mass is 10.2. The summed E-state index contributed by atoms with van der Waals surface area (Å²) in [5.41, 5.74) is 0.475. The minimum atomic E-state index is -0.466. The molecular weight excluding hydrogens is 254 g/mol. The molecule has 0 fully saturated rings. The molecule has 0 saturated heterocycles. The van der Waals surface area contributed by atoms with Crippen molar-refractivity contribution >= 4 is 17.2 Å². The number of carbonyl (C=O) groups excluding carboxylic acids is 1. The van der Waals surface area contributed by atoms with Crippen LogP contribution in [0.25, 0.3) is 5.52 Å². The van der Waals surface area contributed by atoms with Crippen LogP contribution in [0.1, 0.15) is 10.4 Å². The van der Waals surface area contributed by atoms with Gasteiger partial charge in [0.25, 0.3) is 11.5 Å². The van der Waals surface area contributed by atoms with Gasteiger partial charge in [0.05, 0.1) is 0 Å². The van der Waals surface area contributed by atoms with Gasteiger partial charge < -0.3 is 5.32 Å². The fourth-order valence-electron chi connectivity index (χ4n) is 1.94. The van der Waals surface area contributed by atoms with E-state index < -0.39 is 5.91 Å². The number of nitrogens with zero attached hydrogens (tertiary/aromatic N) is 2. The summed E-state index contributed by atoms with van der Waals surface area (Å²) < 4.78 is 1.44. The summed E-state index contributed by atoms with van der Waals surface area (Å²) in [6.07, 6.45) is 3.21. The molecular formula is C15H11N3O2. The number of anilines is 1. The molecule has 1 amide bonds. The number of amides is 1. The quantitative estimate of drug-likeness (QED) is 0.770. The van der Waals surface area contributed by atoms with Gasteiger partial charge >= 0.3 is 0 Å². The fourth-order valence-corrected chi connectivity index (χ4v) is 1.94. The van der Waals surface area contributed by atoms with E-state index in [9.17, 15) is 9.59 Å². The highest BCUT2D eigenvalue weighted by molar-refractivity contribution is 6.03. The van der Waals surface area contributed by atoms with Crippen LogP contribution in [0.4, 0.5) is 5.82 Å². The van der Waals surface area contributed by atoms with Gasteiger partial charge in [-0.3, -0.25) is 14.0 Å². The minimum Gasteiger partial charge on any atom is -0.306 e. The monoisotopic (exact) mass is 265 g/mol. The molecule has 0 aliphatic rings. The molecule has 0 atom stereocenters. The molecule has 3 aromatic rings. The van der Waals surface area contributed by atoms with Gasteiger partial charge in [-0.1, -0.05) is 12.1 Å². The predicted molar refractivity (Wildman–Crippen MR) is 75.9 cm³/mol. The normalized spacial score (nSPS) is 10.4. The second-order valence-electron chi connectivity index (χ2n) is 4.22. The molecule has 1 N–H and O–H groups in total. The average molecular weight is 265 g/mol. The molecule has 0 radical (unpaired) electrons. The van der Waals surface area contributed by atoms with Crippen molar-refractivity contribution in [3.05, 3.63) is 76.8 Å². The van der Waals surface area contributed by atoms with E-state index in [-0.39, 0.29) is 11.1 Å². The number of nitrogens with one attached hydrogen (secondary N) is 1. The number of hydrogen-bond donors (Lipinski definition) is 1. The van der Waals surface area contributed by atoms with Crippen LogP contribution in [0.5, 0.6) is 0 Å². The van der Waals surface area contributed by atoms with Gasteiger partial charge in [0.2, 0.25) is 0 Å². The maximum Gasteiger partial charge on any atom is 0.267 e. The average Bonchev–Trinajstić information content (AvgIpc) is 2.49. The highest BCUT2D eigenvalue weighted by Crippen LogP contribution is 2.05. The Labute approximate surface area is 114 Å². The molecule has 0 spiro atoms. The van der Waals surface area contributed by atoms with Crippen molar-refractivity contribution in [2.75, 3.05) is 5.32 Å². The summed E-state index contributed by atoms with van der Waals surface area (Å²) >= 11 is 0. The second kappa shape index (κ2) is 4.97. The van der Waals surface area contributed by atoms with Crippen LogP contribution in [0.3, 0.4) is 0 Å². The smallest absolute Gasteiger partial charge is 0.267 e. The number of rotatable bonds is 2. The van der Waals surface area contributed by atoms with Gasteiger partial charge in [-0.15, -0.1) is 0 Å². The standard InChI is InChI=1S/C15H11N3O2/c19-14(17-13-6-1-3-9-16-13)12-8-7-11-5-2-4-10-18(11)15(12)20/h1-10H,(H,16,17,19). The van der Waals surface area contributed by atoms with Gasteiger partial charge in [-0.05, 0) is 36.4 Å². The Morgan fingerprint density at radius 3 is 2.70 bits per heavy atom. The minimum absolute atomic E-state index is 0.0827. The second-order valence-corrected chi connectivity index (χ2v) is 4.22. The number of aromatic nitrogens is 2. The van der Waals surface area contributed by atoms with E-state index in [2.05, 4.69) is 10.3 Å². The first-order valence-electron chi connectivity index (χ1n) is 6.08. The van der Waals surface area contributed by atoms with Crippen LogP contribution < -0.4 is 10.9 Å². The van der Waals surface area contributed by atoms with Crippen LogP contribution in [0.15, 0.2) is 65.7 Å². The van der Waals surface area contributed by atoms with Crippen LogP contribution in [0.2, 0.25) is 0 Å². The van der Waals surface area contributed by atoms with Gasteiger partial charge in [-0.2, -0.15) is 0 Å². The van der Waals surface area contributed by atoms with E-state index in [0.29, 0.717) is 5.82 Å². The molecule has 0 aromatic carbocycles. The molecule has 5 nitrogen and oxygen atoms in total. The molecule has 0 aliphatic heterocycles. The lowest BCUT2D eigenvalue weighted by Crippen LogP contribution is -2.25. The Bertz CT molecular complexity index is 825. The summed E-state index contributed by atoms with van der Waals surface area (Å²) in [5, 5.41) is 2.60. The molecule has 0 unspecified atom stereocenters. The van der Waals surface area contributed by atoms with Gasteiger partial charge in [0.15, 0.2) is 0 Å². The molecule has 3 aromatic heterocycles. The SMILES string of the molecule is O=C(Nc1ccccn1)c1ccc2ccccn2c1=O. The van der Waals surface area contributed by atoms with E-state index in [0.717, 1.165) is 5.52 Å².